The van der Waals surface area contributed by atoms with Crippen LogP contribution in [0.4, 0.5) is 0 Å². The normalized spacial score (nSPS) is 12.8. The van der Waals surface area contributed by atoms with Gasteiger partial charge in [0.05, 0.1) is 0 Å². The molecule has 0 radical (unpaired) electrons. The number of Topliss-reactive ketones (excluding diaryl/α,β-unsaturated/α-hetero) is 1. The summed E-state index contributed by atoms with van der Waals surface area (Å²) in [6.45, 7) is 3.45. The van der Waals surface area contributed by atoms with E-state index in [1.165, 1.54) is 0 Å². The fourth-order valence-corrected chi connectivity index (χ4v) is 3.83. The monoisotopic (exact) mass is 396 g/mol. The zero-order valence-electron chi connectivity index (χ0n) is 15.7. The van der Waals surface area contributed by atoms with Gasteiger partial charge in [-0.05, 0) is 54.8 Å². The minimum absolute atomic E-state index is 0.0309. The van der Waals surface area contributed by atoms with E-state index in [0.29, 0.717) is 16.7 Å². The third kappa shape index (κ3) is 5.10. The highest BCUT2D eigenvalue weighted by atomic mass is 31.2. The number of phosphoric ester groups is 1. The van der Waals surface area contributed by atoms with Crippen molar-refractivity contribution in [2.75, 3.05) is 0 Å². The molecule has 6 heteroatoms. The van der Waals surface area contributed by atoms with E-state index in [0.717, 1.165) is 5.56 Å². The van der Waals surface area contributed by atoms with E-state index in [1.54, 1.807) is 56.3 Å². The van der Waals surface area contributed by atoms with Crippen molar-refractivity contribution < 1.29 is 23.3 Å². The summed E-state index contributed by atoms with van der Waals surface area (Å²) in [4.78, 5) is 22.7. The number of para-hydroxylation sites is 1. The van der Waals surface area contributed by atoms with E-state index in [-0.39, 0.29) is 23.7 Å². The highest BCUT2D eigenvalue weighted by molar-refractivity contribution is 7.48. The molecule has 3 aromatic rings. The summed E-state index contributed by atoms with van der Waals surface area (Å²) < 4.78 is 22.8. The second-order valence-electron chi connectivity index (χ2n) is 6.49. The number of ketones is 1. The number of hydrogen-bond acceptors (Lipinski definition) is 4. The van der Waals surface area contributed by atoms with Crippen molar-refractivity contribution in [3.05, 3.63) is 95.1 Å². The predicted octanol–water partition coefficient (Wildman–Crippen LogP) is 5.29. The Bertz CT molecular complexity index is 993. The van der Waals surface area contributed by atoms with Crippen molar-refractivity contribution in [3.8, 4) is 11.5 Å². The lowest BCUT2D eigenvalue weighted by molar-refractivity contribution is 0.0993. The van der Waals surface area contributed by atoms with E-state index in [9.17, 15) is 14.3 Å². The average molecular weight is 396 g/mol. The molecule has 0 fully saturated rings. The van der Waals surface area contributed by atoms with Gasteiger partial charge < -0.3 is 9.05 Å². The molecule has 0 spiro atoms. The van der Waals surface area contributed by atoms with Crippen molar-refractivity contribution >= 4 is 13.6 Å². The molecule has 0 amide bonds. The van der Waals surface area contributed by atoms with Gasteiger partial charge >= 0.3 is 7.82 Å². The van der Waals surface area contributed by atoms with Gasteiger partial charge in [0, 0.05) is 12.0 Å². The van der Waals surface area contributed by atoms with Gasteiger partial charge in [0.1, 0.15) is 11.5 Å². The Balaban J connectivity index is 1.78. The largest absolute Gasteiger partial charge is 0.584 e. The van der Waals surface area contributed by atoms with Crippen LogP contribution in [-0.2, 0) is 11.0 Å². The number of benzene rings is 3. The fraction of sp³-hybridized carbons (Fsp3) is 0.136. The molecule has 0 saturated carbocycles. The lowest BCUT2D eigenvalue weighted by Gasteiger charge is -2.17. The molecule has 0 heterocycles. The average Bonchev–Trinajstić information content (AvgIpc) is 2.66. The Morgan fingerprint density at radius 1 is 0.893 bits per heavy atom. The summed E-state index contributed by atoms with van der Waals surface area (Å²) in [5.41, 5.74) is 2.63. The highest BCUT2D eigenvalue weighted by Crippen LogP contribution is 2.46. The molecule has 1 atom stereocenters. The first kappa shape index (κ1) is 19.9. The molecule has 0 aliphatic heterocycles. The molecule has 3 aromatic carbocycles. The van der Waals surface area contributed by atoms with E-state index < -0.39 is 7.82 Å². The van der Waals surface area contributed by atoms with Crippen LogP contribution in [-0.4, -0.2) is 10.7 Å². The van der Waals surface area contributed by atoms with Crippen LogP contribution in [0.15, 0.2) is 72.8 Å². The molecule has 0 aromatic heterocycles. The van der Waals surface area contributed by atoms with E-state index in [2.05, 4.69) is 0 Å². The summed E-state index contributed by atoms with van der Waals surface area (Å²) in [6.07, 6.45) is 0.287. The van der Waals surface area contributed by atoms with E-state index in [1.807, 2.05) is 30.3 Å². The van der Waals surface area contributed by atoms with Gasteiger partial charge in [0.25, 0.3) is 0 Å². The molecular weight excluding hydrogens is 375 g/mol. The number of rotatable bonds is 7. The summed E-state index contributed by atoms with van der Waals surface area (Å²) in [7, 11) is -4.37. The second kappa shape index (κ2) is 8.42. The second-order valence-corrected chi connectivity index (χ2v) is 7.79. The zero-order chi connectivity index (χ0) is 20.1. The zero-order valence-corrected chi connectivity index (χ0v) is 16.6. The van der Waals surface area contributed by atoms with Gasteiger partial charge in [0.15, 0.2) is 5.78 Å². The maximum Gasteiger partial charge on any atom is 0.584 e. The number of carbonyl (C=O) groups is 1. The predicted molar refractivity (Wildman–Crippen MR) is 108 cm³/mol. The molecule has 1 unspecified atom stereocenters. The number of hydrogen-bond donors (Lipinski definition) is 1. The van der Waals surface area contributed by atoms with Gasteiger partial charge in [-0.2, -0.15) is 0 Å². The number of aryl methyl sites for hydroxylation is 2. The third-order valence-electron chi connectivity index (χ3n) is 4.16. The maximum absolute atomic E-state index is 12.6. The standard InChI is InChI=1S/C22H21O5P/c1-16-13-19(21(23)15-18-9-5-3-6-10-18)14-17(2)22(16)27-28(24,25)26-20-11-7-4-8-12-20/h3-14H,15H2,1-2H3,(H,24,25). The first-order valence-electron chi connectivity index (χ1n) is 8.79. The fourth-order valence-electron chi connectivity index (χ4n) is 2.89. The summed E-state index contributed by atoms with van der Waals surface area (Å²) in [6, 6.07) is 21.1. The molecule has 0 saturated heterocycles. The minimum atomic E-state index is -4.37. The smallest absolute Gasteiger partial charge is 0.395 e. The van der Waals surface area contributed by atoms with Gasteiger partial charge in [-0.25, -0.2) is 4.57 Å². The molecule has 28 heavy (non-hydrogen) atoms. The molecule has 0 aliphatic rings. The lowest BCUT2D eigenvalue weighted by atomic mass is 9.99. The molecular formula is C22H21O5P. The Labute approximate surface area is 164 Å². The van der Waals surface area contributed by atoms with Crippen LogP contribution < -0.4 is 9.05 Å². The van der Waals surface area contributed by atoms with Crippen molar-refractivity contribution in [2.45, 2.75) is 20.3 Å². The van der Waals surface area contributed by atoms with Gasteiger partial charge in [0.2, 0.25) is 0 Å². The van der Waals surface area contributed by atoms with Crippen molar-refractivity contribution in [1.29, 1.82) is 0 Å². The first-order valence-corrected chi connectivity index (χ1v) is 10.3. The maximum atomic E-state index is 12.6. The van der Waals surface area contributed by atoms with Crippen LogP contribution in [0.3, 0.4) is 0 Å². The molecule has 0 bridgehead atoms. The molecule has 3 rings (SSSR count). The van der Waals surface area contributed by atoms with Crippen molar-refractivity contribution in [1.82, 2.24) is 0 Å². The number of phosphoric acid groups is 1. The summed E-state index contributed by atoms with van der Waals surface area (Å²) in [5, 5.41) is 0. The topological polar surface area (TPSA) is 72.8 Å². The van der Waals surface area contributed by atoms with Crippen LogP contribution >= 0.6 is 7.82 Å². The molecule has 5 nitrogen and oxygen atoms in total. The van der Waals surface area contributed by atoms with Gasteiger partial charge in [-0.1, -0.05) is 48.5 Å². The first-order chi connectivity index (χ1) is 13.3. The van der Waals surface area contributed by atoms with Gasteiger partial charge in [-0.15, -0.1) is 0 Å². The Morgan fingerprint density at radius 3 is 2.00 bits per heavy atom. The van der Waals surface area contributed by atoms with Crippen LogP contribution in [0.2, 0.25) is 0 Å². The lowest BCUT2D eigenvalue weighted by Crippen LogP contribution is -2.07. The third-order valence-corrected chi connectivity index (χ3v) is 5.02. The minimum Gasteiger partial charge on any atom is -0.395 e. The van der Waals surface area contributed by atoms with Crippen molar-refractivity contribution in [2.24, 2.45) is 0 Å². The molecule has 144 valence electrons. The Hall–Kier alpha value is -2.88. The Morgan fingerprint density at radius 2 is 1.43 bits per heavy atom. The quantitative estimate of drug-likeness (QED) is 0.434. The van der Waals surface area contributed by atoms with E-state index >= 15 is 0 Å². The highest BCUT2D eigenvalue weighted by Gasteiger charge is 2.27. The molecule has 1 N–H and O–H groups in total. The van der Waals surface area contributed by atoms with Crippen LogP contribution in [0.1, 0.15) is 27.0 Å². The SMILES string of the molecule is Cc1cc(C(=O)Cc2ccccc2)cc(C)c1OP(=O)(O)Oc1ccccc1. The van der Waals surface area contributed by atoms with Crippen LogP contribution in [0, 0.1) is 13.8 Å². The van der Waals surface area contributed by atoms with Gasteiger partial charge in [-0.3, -0.25) is 9.69 Å². The van der Waals surface area contributed by atoms with Crippen LogP contribution in [0.25, 0.3) is 0 Å². The van der Waals surface area contributed by atoms with Crippen LogP contribution in [0.5, 0.6) is 11.5 Å². The van der Waals surface area contributed by atoms with Crippen molar-refractivity contribution in [3.63, 3.8) is 0 Å². The Kier molecular flexibility index (Phi) is 5.98. The summed E-state index contributed by atoms with van der Waals surface area (Å²) in [5.74, 6) is 0.438. The van der Waals surface area contributed by atoms with E-state index in [4.69, 9.17) is 9.05 Å². The molecule has 0 aliphatic carbocycles. The summed E-state index contributed by atoms with van der Waals surface area (Å²) >= 11 is 0. The number of carbonyl (C=O) groups excluding carboxylic acids is 1.